The lowest BCUT2D eigenvalue weighted by Gasteiger charge is -2.18. The van der Waals surface area contributed by atoms with Crippen molar-refractivity contribution in [3.63, 3.8) is 0 Å². The van der Waals surface area contributed by atoms with Gasteiger partial charge in [0.05, 0.1) is 12.2 Å². The number of hydrogen-bond donors (Lipinski definition) is 2. The Morgan fingerprint density at radius 1 is 0.964 bits per heavy atom. The molecule has 3 aromatic rings. The van der Waals surface area contributed by atoms with Gasteiger partial charge in [0.2, 0.25) is 0 Å². The number of carbonyl (C=O) groups is 1. The summed E-state index contributed by atoms with van der Waals surface area (Å²) in [5.41, 5.74) is 4.06. The maximum atomic E-state index is 10.8. The topological polar surface area (TPSA) is 61.8 Å². The first-order valence-corrected chi connectivity index (χ1v) is 9.16. The fraction of sp³-hybridized carbons (Fsp3) is 0.174. The molecular weight excluding hydrogens is 352 g/mol. The van der Waals surface area contributed by atoms with E-state index in [1.165, 1.54) is 0 Å². The van der Waals surface area contributed by atoms with Gasteiger partial charge >= 0.3 is 5.97 Å². The second-order valence-electron chi connectivity index (χ2n) is 6.55. The Kier molecular flexibility index (Phi) is 6.65. The highest BCUT2D eigenvalue weighted by Gasteiger charge is 2.09. The number of nitrogens with zero attached hydrogens (tertiary/aromatic N) is 1. The Morgan fingerprint density at radius 2 is 1.64 bits per heavy atom. The Labute approximate surface area is 165 Å². The van der Waals surface area contributed by atoms with Crippen LogP contribution in [0.4, 0.5) is 11.4 Å². The van der Waals surface area contributed by atoms with Crippen LogP contribution in [0, 0.1) is 0 Å². The molecule has 0 aliphatic heterocycles. The lowest BCUT2D eigenvalue weighted by Crippen LogP contribution is -2.29. The first-order valence-electron chi connectivity index (χ1n) is 9.16. The van der Waals surface area contributed by atoms with Gasteiger partial charge in [-0.05, 0) is 42.4 Å². The van der Waals surface area contributed by atoms with Crippen LogP contribution in [-0.2, 0) is 4.79 Å². The maximum Gasteiger partial charge on any atom is 0.317 e. The molecule has 3 aromatic carbocycles. The quantitative estimate of drug-likeness (QED) is 0.576. The zero-order chi connectivity index (χ0) is 19.8. The summed E-state index contributed by atoms with van der Waals surface area (Å²) in [5, 5.41) is 12.3. The van der Waals surface area contributed by atoms with E-state index in [4.69, 9.17) is 9.84 Å². The van der Waals surface area contributed by atoms with Crippen molar-refractivity contribution < 1.29 is 14.6 Å². The number of aliphatic carboxylic acids is 1. The smallest absolute Gasteiger partial charge is 0.317 e. The number of carboxylic acids is 1. The van der Waals surface area contributed by atoms with Crippen molar-refractivity contribution in [2.45, 2.75) is 0 Å². The molecule has 0 fully saturated rings. The third-order valence-corrected chi connectivity index (χ3v) is 4.28. The van der Waals surface area contributed by atoms with Crippen molar-refractivity contribution in [1.82, 2.24) is 4.90 Å². The Balaban J connectivity index is 1.78. The SMILES string of the molecule is CN(CCOc1ccc(-c2ccccc2)cc1Nc1ccccc1)CC(=O)O. The highest BCUT2D eigenvalue weighted by atomic mass is 16.5. The molecular formula is C23H24N2O3. The monoisotopic (exact) mass is 376 g/mol. The summed E-state index contributed by atoms with van der Waals surface area (Å²) in [7, 11) is 1.76. The summed E-state index contributed by atoms with van der Waals surface area (Å²) < 4.78 is 5.96. The fourth-order valence-electron chi connectivity index (χ4n) is 2.86. The molecule has 144 valence electrons. The van der Waals surface area contributed by atoms with Crippen LogP contribution in [0.2, 0.25) is 0 Å². The van der Waals surface area contributed by atoms with Crippen LogP contribution in [0.25, 0.3) is 11.1 Å². The van der Waals surface area contributed by atoms with Gasteiger partial charge in [0.1, 0.15) is 12.4 Å². The van der Waals surface area contributed by atoms with Crippen molar-refractivity contribution in [2.24, 2.45) is 0 Å². The van der Waals surface area contributed by atoms with Gasteiger partial charge < -0.3 is 15.2 Å². The molecule has 0 spiro atoms. The lowest BCUT2D eigenvalue weighted by molar-refractivity contribution is -0.138. The van der Waals surface area contributed by atoms with Crippen LogP contribution < -0.4 is 10.1 Å². The average molecular weight is 376 g/mol. The standard InChI is InChI=1S/C23H24N2O3/c1-25(17-23(26)27)14-15-28-22-13-12-19(18-8-4-2-5-9-18)16-21(22)24-20-10-6-3-7-11-20/h2-13,16,24H,14-15,17H2,1H3,(H,26,27). The van der Waals surface area contributed by atoms with Crippen LogP contribution in [0.5, 0.6) is 5.75 Å². The minimum Gasteiger partial charge on any atom is -0.490 e. The highest BCUT2D eigenvalue weighted by Crippen LogP contribution is 2.33. The van der Waals surface area contributed by atoms with Gasteiger partial charge in [0.25, 0.3) is 0 Å². The first-order chi connectivity index (χ1) is 13.6. The van der Waals surface area contributed by atoms with E-state index in [-0.39, 0.29) is 6.54 Å². The molecule has 5 nitrogen and oxygen atoms in total. The Bertz CT molecular complexity index is 898. The Morgan fingerprint density at radius 3 is 2.32 bits per heavy atom. The number of likely N-dealkylation sites (N-methyl/N-ethyl adjacent to an activating group) is 1. The first kappa shape index (κ1) is 19.5. The Hall–Kier alpha value is -3.31. The number of ether oxygens (including phenoxy) is 1. The number of hydrogen-bond acceptors (Lipinski definition) is 4. The average Bonchev–Trinajstić information content (AvgIpc) is 2.70. The summed E-state index contributed by atoms with van der Waals surface area (Å²) in [4.78, 5) is 12.5. The number of nitrogens with one attached hydrogen (secondary N) is 1. The van der Waals surface area contributed by atoms with E-state index in [1.54, 1.807) is 11.9 Å². The number of para-hydroxylation sites is 1. The summed E-state index contributed by atoms with van der Waals surface area (Å²) in [6.07, 6.45) is 0. The van der Waals surface area contributed by atoms with E-state index in [0.717, 1.165) is 28.3 Å². The number of carboxylic acid groups (broad SMARTS) is 1. The second kappa shape index (κ2) is 9.58. The van der Waals surface area contributed by atoms with Crippen molar-refractivity contribution in [3.8, 4) is 16.9 Å². The van der Waals surface area contributed by atoms with Crippen LogP contribution in [0.1, 0.15) is 0 Å². The summed E-state index contributed by atoms with van der Waals surface area (Å²) in [6.45, 7) is 0.918. The zero-order valence-corrected chi connectivity index (χ0v) is 15.8. The van der Waals surface area contributed by atoms with Crippen molar-refractivity contribution in [2.75, 3.05) is 32.1 Å². The predicted octanol–water partition coefficient (Wildman–Crippen LogP) is 4.49. The molecule has 0 bridgehead atoms. The molecule has 5 heteroatoms. The van der Waals surface area contributed by atoms with Crippen molar-refractivity contribution in [3.05, 3.63) is 78.9 Å². The van der Waals surface area contributed by atoms with Gasteiger partial charge in [-0.1, -0.05) is 54.6 Å². The van der Waals surface area contributed by atoms with Crippen molar-refractivity contribution in [1.29, 1.82) is 0 Å². The van der Waals surface area contributed by atoms with E-state index in [1.807, 2.05) is 60.7 Å². The molecule has 3 rings (SSSR count). The molecule has 0 saturated heterocycles. The van der Waals surface area contributed by atoms with Gasteiger partial charge in [-0.15, -0.1) is 0 Å². The molecule has 0 saturated carbocycles. The van der Waals surface area contributed by atoms with Gasteiger partial charge in [-0.25, -0.2) is 0 Å². The second-order valence-corrected chi connectivity index (χ2v) is 6.55. The predicted molar refractivity (Wildman–Crippen MR) is 112 cm³/mol. The fourth-order valence-corrected chi connectivity index (χ4v) is 2.86. The van der Waals surface area contributed by atoms with Gasteiger partial charge in [-0.3, -0.25) is 9.69 Å². The molecule has 0 aliphatic carbocycles. The third-order valence-electron chi connectivity index (χ3n) is 4.28. The number of benzene rings is 3. The normalized spacial score (nSPS) is 10.6. The molecule has 0 atom stereocenters. The summed E-state index contributed by atoms with van der Waals surface area (Å²) in [6, 6.07) is 26.1. The number of rotatable bonds is 9. The minimum atomic E-state index is -0.846. The molecule has 0 amide bonds. The molecule has 0 aromatic heterocycles. The van der Waals surface area contributed by atoms with Crippen LogP contribution in [0.15, 0.2) is 78.9 Å². The third kappa shape index (κ3) is 5.59. The number of anilines is 2. The van der Waals surface area contributed by atoms with Crippen LogP contribution in [0.3, 0.4) is 0 Å². The minimum absolute atomic E-state index is 0.00850. The van der Waals surface area contributed by atoms with Gasteiger partial charge in [0, 0.05) is 12.2 Å². The molecule has 0 heterocycles. The molecule has 2 N–H and O–H groups in total. The van der Waals surface area contributed by atoms with Crippen LogP contribution >= 0.6 is 0 Å². The van der Waals surface area contributed by atoms with E-state index in [0.29, 0.717) is 13.2 Å². The van der Waals surface area contributed by atoms with Gasteiger partial charge in [0.15, 0.2) is 0 Å². The van der Waals surface area contributed by atoms with E-state index in [9.17, 15) is 4.79 Å². The summed E-state index contributed by atoms with van der Waals surface area (Å²) >= 11 is 0. The molecule has 28 heavy (non-hydrogen) atoms. The molecule has 0 aliphatic rings. The van der Waals surface area contributed by atoms with Crippen molar-refractivity contribution >= 4 is 17.3 Å². The van der Waals surface area contributed by atoms with Gasteiger partial charge in [-0.2, -0.15) is 0 Å². The maximum absolute atomic E-state index is 10.8. The molecule has 0 radical (unpaired) electrons. The zero-order valence-electron chi connectivity index (χ0n) is 15.8. The van der Waals surface area contributed by atoms with E-state index in [2.05, 4.69) is 23.5 Å². The lowest BCUT2D eigenvalue weighted by atomic mass is 10.0. The van der Waals surface area contributed by atoms with E-state index >= 15 is 0 Å². The molecule has 0 unspecified atom stereocenters. The van der Waals surface area contributed by atoms with Crippen LogP contribution in [-0.4, -0.2) is 42.7 Å². The highest BCUT2D eigenvalue weighted by molar-refractivity contribution is 5.75. The van der Waals surface area contributed by atoms with E-state index < -0.39 is 5.97 Å². The largest absolute Gasteiger partial charge is 0.490 e. The summed E-state index contributed by atoms with van der Waals surface area (Å²) in [5.74, 6) is -0.117.